The molecular weight excluding hydrogens is 456 g/mol. The largest absolute Gasteiger partial charge is 0.497 e. The Labute approximate surface area is 226 Å². The molecule has 0 fully saturated rings. The molecule has 3 heteroatoms. The first kappa shape index (κ1) is 30.7. The van der Waals surface area contributed by atoms with Gasteiger partial charge in [0.1, 0.15) is 11.5 Å². The molecule has 37 heavy (non-hydrogen) atoms. The highest BCUT2D eigenvalue weighted by atomic mass is 16.5. The van der Waals surface area contributed by atoms with E-state index in [2.05, 4.69) is 6.92 Å². The van der Waals surface area contributed by atoms with E-state index < -0.39 is 0 Å². The molecule has 3 nitrogen and oxygen atoms in total. The van der Waals surface area contributed by atoms with Crippen molar-refractivity contribution in [2.45, 2.75) is 110 Å². The summed E-state index contributed by atoms with van der Waals surface area (Å²) < 4.78 is 11.1. The molecule has 2 rings (SSSR count). The van der Waals surface area contributed by atoms with E-state index in [1.807, 2.05) is 54.6 Å². The van der Waals surface area contributed by atoms with Crippen molar-refractivity contribution in [3.05, 3.63) is 65.7 Å². The topological polar surface area (TPSA) is 35.5 Å². The number of hydrogen-bond donors (Lipinski definition) is 0. The molecule has 0 atom stereocenters. The van der Waals surface area contributed by atoms with Crippen molar-refractivity contribution in [1.82, 2.24) is 0 Å². The Bertz CT molecular complexity index is 869. The predicted molar refractivity (Wildman–Crippen MR) is 158 cm³/mol. The molecule has 0 saturated heterocycles. The second-order valence-electron chi connectivity index (χ2n) is 10.2. The van der Waals surface area contributed by atoms with Crippen molar-refractivity contribution in [3.8, 4) is 11.5 Å². The normalized spacial score (nSPS) is 11.2. The molecule has 2 aromatic carbocycles. The second kappa shape index (κ2) is 20.5. The number of unbranched alkanes of at least 4 members (excludes halogenated alkanes) is 15. The van der Waals surface area contributed by atoms with Crippen molar-refractivity contribution in [3.63, 3.8) is 0 Å². The van der Waals surface area contributed by atoms with E-state index in [-0.39, 0.29) is 5.78 Å². The number of rotatable bonds is 22. The van der Waals surface area contributed by atoms with E-state index in [1.54, 1.807) is 13.2 Å². The second-order valence-corrected chi connectivity index (χ2v) is 10.2. The molecule has 2 aromatic rings. The van der Waals surface area contributed by atoms with Gasteiger partial charge in [-0.3, -0.25) is 4.79 Å². The number of allylic oxidation sites excluding steroid dienone is 1. The fourth-order valence-corrected chi connectivity index (χ4v) is 4.57. The monoisotopic (exact) mass is 506 g/mol. The zero-order valence-corrected chi connectivity index (χ0v) is 23.5. The minimum atomic E-state index is -0.0211. The molecule has 0 amide bonds. The lowest BCUT2D eigenvalue weighted by Gasteiger charge is -2.07. The summed E-state index contributed by atoms with van der Waals surface area (Å²) in [5, 5.41) is 0. The summed E-state index contributed by atoms with van der Waals surface area (Å²) in [5.74, 6) is 1.59. The first-order chi connectivity index (χ1) is 18.2. The van der Waals surface area contributed by atoms with Gasteiger partial charge in [-0.2, -0.15) is 0 Å². The van der Waals surface area contributed by atoms with Gasteiger partial charge in [-0.25, -0.2) is 0 Å². The molecule has 0 aliphatic heterocycles. The number of methoxy groups -OCH3 is 1. The Morgan fingerprint density at radius 1 is 0.676 bits per heavy atom. The van der Waals surface area contributed by atoms with Crippen molar-refractivity contribution >= 4 is 11.9 Å². The van der Waals surface area contributed by atoms with Gasteiger partial charge in [0.15, 0.2) is 5.78 Å². The zero-order valence-electron chi connectivity index (χ0n) is 23.5. The van der Waals surface area contributed by atoms with Gasteiger partial charge in [0.25, 0.3) is 0 Å². The van der Waals surface area contributed by atoms with Crippen molar-refractivity contribution in [1.29, 1.82) is 0 Å². The molecule has 0 saturated carbocycles. The molecule has 0 spiro atoms. The number of benzene rings is 2. The average molecular weight is 507 g/mol. The van der Waals surface area contributed by atoms with Crippen LogP contribution in [0.3, 0.4) is 0 Å². The summed E-state index contributed by atoms with van der Waals surface area (Å²) >= 11 is 0. The number of hydrogen-bond acceptors (Lipinski definition) is 3. The maximum absolute atomic E-state index is 12.5. The predicted octanol–water partition coefficient (Wildman–Crippen LogP) is 10.2. The van der Waals surface area contributed by atoms with Crippen LogP contribution in [-0.2, 0) is 0 Å². The Kier molecular flexibility index (Phi) is 17.0. The summed E-state index contributed by atoms with van der Waals surface area (Å²) in [6.07, 6.45) is 25.4. The molecule has 0 bridgehead atoms. The van der Waals surface area contributed by atoms with E-state index >= 15 is 0 Å². The molecule has 0 unspecified atom stereocenters. The Morgan fingerprint density at radius 2 is 1.22 bits per heavy atom. The van der Waals surface area contributed by atoms with Gasteiger partial charge in [0.2, 0.25) is 0 Å². The van der Waals surface area contributed by atoms with E-state index in [0.717, 1.165) is 30.1 Å². The van der Waals surface area contributed by atoms with Gasteiger partial charge in [-0.15, -0.1) is 0 Å². The SMILES string of the molecule is CCCCCCCCCCCCCCCCCCOc1ccc(C(=O)C=Cc2cccc(OC)c2)cc1. The lowest BCUT2D eigenvalue weighted by atomic mass is 10.0. The highest BCUT2D eigenvalue weighted by Crippen LogP contribution is 2.17. The van der Waals surface area contributed by atoms with Crippen LogP contribution in [0.15, 0.2) is 54.6 Å². The fourth-order valence-electron chi connectivity index (χ4n) is 4.57. The lowest BCUT2D eigenvalue weighted by molar-refractivity contribution is 0.104. The number of carbonyl (C=O) groups excluding carboxylic acids is 1. The van der Waals surface area contributed by atoms with Crippen LogP contribution in [0, 0.1) is 0 Å². The summed E-state index contributed by atoms with van der Waals surface area (Å²) in [5.41, 5.74) is 1.60. The van der Waals surface area contributed by atoms with Gasteiger partial charge >= 0.3 is 0 Å². The van der Waals surface area contributed by atoms with Crippen LogP contribution in [0.25, 0.3) is 6.08 Å². The van der Waals surface area contributed by atoms with Crippen molar-refractivity contribution in [2.75, 3.05) is 13.7 Å². The number of carbonyl (C=O) groups is 1. The first-order valence-corrected chi connectivity index (χ1v) is 14.8. The van der Waals surface area contributed by atoms with Crippen LogP contribution in [0.2, 0.25) is 0 Å². The molecule has 0 aromatic heterocycles. The van der Waals surface area contributed by atoms with Crippen molar-refractivity contribution < 1.29 is 14.3 Å². The van der Waals surface area contributed by atoms with Crippen LogP contribution in [0.1, 0.15) is 126 Å². The third-order valence-corrected chi connectivity index (χ3v) is 6.93. The van der Waals surface area contributed by atoms with E-state index in [9.17, 15) is 4.79 Å². The Balaban J connectivity index is 1.45. The van der Waals surface area contributed by atoms with Gasteiger partial charge in [0.05, 0.1) is 13.7 Å². The van der Waals surface area contributed by atoms with Crippen LogP contribution in [0.4, 0.5) is 0 Å². The molecule has 0 aliphatic rings. The van der Waals surface area contributed by atoms with E-state index in [0.29, 0.717) is 5.56 Å². The lowest BCUT2D eigenvalue weighted by Crippen LogP contribution is -1.99. The quantitative estimate of drug-likeness (QED) is 0.0905. The third kappa shape index (κ3) is 14.7. The summed E-state index contributed by atoms with van der Waals surface area (Å²) in [6.45, 7) is 3.02. The van der Waals surface area contributed by atoms with E-state index in [4.69, 9.17) is 9.47 Å². The molecule has 0 heterocycles. The van der Waals surface area contributed by atoms with Crippen LogP contribution in [0.5, 0.6) is 11.5 Å². The highest BCUT2D eigenvalue weighted by molar-refractivity contribution is 6.06. The van der Waals surface area contributed by atoms with Crippen LogP contribution >= 0.6 is 0 Å². The maximum Gasteiger partial charge on any atom is 0.185 e. The van der Waals surface area contributed by atoms with Crippen LogP contribution < -0.4 is 9.47 Å². The number of ketones is 1. The first-order valence-electron chi connectivity index (χ1n) is 14.8. The molecule has 0 aliphatic carbocycles. The maximum atomic E-state index is 12.5. The molecular formula is C34H50O3. The summed E-state index contributed by atoms with van der Waals surface area (Å²) in [7, 11) is 1.64. The minimum absolute atomic E-state index is 0.0211. The van der Waals surface area contributed by atoms with Gasteiger partial charge in [-0.1, -0.05) is 121 Å². The van der Waals surface area contributed by atoms with Gasteiger partial charge in [0, 0.05) is 5.56 Å². The molecule has 204 valence electrons. The molecule has 0 N–H and O–H groups in total. The standard InChI is InChI=1S/C34H50O3/c1-3-4-5-6-7-8-9-10-11-12-13-14-15-16-17-18-28-37-32-25-23-31(24-26-32)34(35)27-22-30-20-19-21-33(29-30)36-2/h19-27,29H,3-18,28H2,1-2H3. The van der Waals surface area contributed by atoms with Crippen LogP contribution in [-0.4, -0.2) is 19.5 Å². The summed E-state index contributed by atoms with van der Waals surface area (Å²) in [4.78, 5) is 12.5. The third-order valence-electron chi connectivity index (χ3n) is 6.93. The van der Waals surface area contributed by atoms with Gasteiger partial charge in [-0.05, 0) is 54.5 Å². The zero-order chi connectivity index (χ0) is 26.4. The smallest absolute Gasteiger partial charge is 0.185 e. The summed E-state index contributed by atoms with van der Waals surface area (Å²) in [6, 6.07) is 15.1. The Morgan fingerprint density at radius 3 is 1.76 bits per heavy atom. The number of ether oxygens (including phenoxy) is 2. The highest BCUT2D eigenvalue weighted by Gasteiger charge is 2.03. The van der Waals surface area contributed by atoms with Crippen molar-refractivity contribution in [2.24, 2.45) is 0 Å². The fraction of sp³-hybridized carbons (Fsp3) is 0.559. The minimum Gasteiger partial charge on any atom is -0.497 e. The molecule has 0 radical (unpaired) electrons. The van der Waals surface area contributed by atoms with E-state index in [1.165, 1.54) is 96.3 Å². The average Bonchev–Trinajstić information content (AvgIpc) is 2.94. The Hall–Kier alpha value is -2.55. The van der Waals surface area contributed by atoms with Gasteiger partial charge < -0.3 is 9.47 Å².